The number of para-hydroxylation sites is 1. The van der Waals surface area contributed by atoms with Crippen LogP contribution in [0.4, 0.5) is 5.95 Å². The van der Waals surface area contributed by atoms with Gasteiger partial charge in [0.05, 0.1) is 22.3 Å². The van der Waals surface area contributed by atoms with Crippen molar-refractivity contribution < 1.29 is 9.59 Å². The topological polar surface area (TPSA) is 114 Å². The number of nitrogens with one attached hydrogen (secondary N) is 1. The monoisotopic (exact) mass is 432 g/mol. The van der Waals surface area contributed by atoms with Gasteiger partial charge in [-0.3, -0.25) is 14.6 Å². The molecular formula is C24H28N6O2. The number of pyridine rings is 1. The van der Waals surface area contributed by atoms with Gasteiger partial charge in [0.25, 0.3) is 11.8 Å². The molecule has 8 nitrogen and oxygen atoms in total. The normalized spacial score (nSPS) is 16.0. The molecule has 0 aliphatic carbocycles. The maximum absolute atomic E-state index is 13.0. The van der Waals surface area contributed by atoms with Crippen molar-refractivity contribution in [2.24, 2.45) is 5.92 Å². The molecule has 3 N–H and O–H groups in total. The number of nitrogens with two attached hydrogens (primary N) is 1. The highest BCUT2D eigenvalue weighted by molar-refractivity contribution is 6.06. The third-order valence-corrected chi connectivity index (χ3v) is 5.77. The van der Waals surface area contributed by atoms with Gasteiger partial charge < -0.3 is 16.0 Å². The van der Waals surface area contributed by atoms with E-state index in [9.17, 15) is 9.59 Å². The molecule has 0 spiro atoms. The van der Waals surface area contributed by atoms with Gasteiger partial charge in [-0.2, -0.15) is 0 Å². The zero-order chi connectivity index (χ0) is 22.8. The number of fused-ring (bicyclic) bond motifs is 1. The Morgan fingerprint density at radius 3 is 2.75 bits per heavy atom. The van der Waals surface area contributed by atoms with Crippen LogP contribution < -0.4 is 11.1 Å². The fourth-order valence-corrected chi connectivity index (χ4v) is 4.04. The van der Waals surface area contributed by atoms with Crippen molar-refractivity contribution in [3.63, 3.8) is 0 Å². The zero-order valence-electron chi connectivity index (χ0n) is 18.6. The molecule has 2 aromatic heterocycles. The number of aromatic nitrogens is 3. The van der Waals surface area contributed by atoms with E-state index in [1.165, 1.54) is 6.20 Å². The van der Waals surface area contributed by atoms with Crippen LogP contribution in [0.1, 0.15) is 58.3 Å². The van der Waals surface area contributed by atoms with Crippen LogP contribution in [-0.2, 0) is 0 Å². The molecule has 1 aliphatic heterocycles. The van der Waals surface area contributed by atoms with E-state index >= 15 is 0 Å². The van der Waals surface area contributed by atoms with Crippen LogP contribution >= 0.6 is 0 Å². The van der Waals surface area contributed by atoms with Gasteiger partial charge in [0.2, 0.25) is 5.95 Å². The minimum Gasteiger partial charge on any atom is -0.368 e. The Morgan fingerprint density at radius 1 is 1.22 bits per heavy atom. The van der Waals surface area contributed by atoms with Gasteiger partial charge in [0, 0.05) is 42.8 Å². The maximum Gasteiger partial charge on any atom is 0.257 e. The van der Waals surface area contributed by atoms with Gasteiger partial charge in [-0.1, -0.05) is 32.0 Å². The van der Waals surface area contributed by atoms with E-state index < -0.39 is 0 Å². The number of carbonyl (C=O) groups is 2. The minimum absolute atomic E-state index is 0.0511. The average molecular weight is 433 g/mol. The standard InChI is InChI=1S/C24H28N6O2/c1-14(2)11-26-22(31)18-10-21(29-20-7-5-4-6-17(18)20)16-8-9-30(13-16)23(32)19-12-27-24(25)28-15(19)3/h4-7,10,12,14,16H,8-9,11,13H2,1-3H3,(H,26,31)(H2,25,27,28)/t16-/m0/s1. The Bertz CT molecular complexity index is 1180. The molecule has 1 aliphatic rings. The van der Waals surface area contributed by atoms with Gasteiger partial charge >= 0.3 is 0 Å². The molecule has 1 aromatic carbocycles. The molecule has 1 saturated heterocycles. The van der Waals surface area contributed by atoms with Crippen molar-refractivity contribution in [2.75, 3.05) is 25.4 Å². The summed E-state index contributed by atoms with van der Waals surface area (Å²) in [6, 6.07) is 9.56. The molecule has 0 bridgehead atoms. The molecule has 8 heteroatoms. The van der Waals surface area contributed by atoms with Crippen LogP contribution in [-0.4, -0.2) is 51.3 Å². The van der Waals surface area contributed by atoms with Gasteiger partial charge in [0.1, 0.15) is 0 Å². The van der Waals surface area contributed by atoms with E-state index in [-0.39, 0.29) is 23.7 Å². The first kappa shape index (κ1) is 21.7. The number of amides is 2. The van der Waals surface area contributed by atoms with Crippen molar-refractivity contribution in [1.29, 1.82) is 0 Å². The second kappa shape index (κ2) is 8.90. The SMILES string of the molecule is Cc1nc(N)ncc1C(=O)N1CC[C@H](c2cc(C(=O)NCC(C)C)c3ccccc3n2)C1. The average Bonchev–Trinajstić information content (AvgIpc) is 3.26. The lowest BCUT2D eigenvalue weighted by Crippen LogP contribution is -2.30. The van der Waals surface area contributed by atoms with E-state index in [1.807, 2.05) is 30.3 Å². The predicted octanol–water partition coefficient (Wildman–Crippen LogP) is 2.93. The second-order valence-electron chi connectivity index (χ2n) is 8.68. The van der Waals surface area contributed by atoms with Gasteiger partial charge in [0.15, 0.2) is 0 Å². The summed E-state index contributed by atoms with van der Waals surface area (Å²) in [4.78, 5) is 40.6. The van der Waals surface area contributed by atoms with Crippen molar-refractivity contribution in [3.8, 4) is 0 Å². The molecule has 1 fully saturated rings. The van der Waals surface area contributed by atoms with Crippen LogP contribution in [0.25, 0.3) is 10.9 Å². The predicted molar refractivity (Wildman–Crippen MR) is 123 cm³/mol. The summed E-state index contributed by atoms with van der Waals surface area (Å²) in [6.07, 6.45) is 2.26. The number of rotatable bonds is 5. The molecule has 2 amide bonds. The van der Waals surface area contributed by atoms with E-state index in [4.69, 9.17) is 10.7 Å². The Kier molecular flexibility index (Phi) is 6.03. The van der Waals surface area contributed by atoms with Gasteiger partial charge in [-0.05, 0) is 31.4 Å². The highest BCUT2D eigenvalue weighted by Crippen LogP contribution is 2.30. The largest absolute Gasteiger partial charge is 0.368 e. The Morgan fingerprint density at radius 2 is 2.00 bits per heavy atom. The van der Waals surface area contributed by atoms with Gasteiger partial charge in [-0.15, -0.1) is 0 Å². The van der Waals surface area contributed by atoms with Crippen LogP contribution in [0.5, 0.6) is 0 Å². The number of hydrogen-bond donors (Lipinski definition) is 2. The Labute approximate surface area is 187 Å². The summed E-state index contributed by atoms with van der Waals surface area (Å²) in [5.74, 6) is 0.360. The summed E-state index contributed by atoms with van der Waals surface area (Å²) in [5, 5.41) is 3.84. The van der Waals surface area contributed by atoms with E-state index in [0.717, 1.165) is 23.0 Å². The minimum atomic E-state index is -0.110. The highest BCUT2D eigenvalue weighted by atomic mass is 16.2. The Hall–Kier alpha value is -3.55. The first-order valence-corrected chi connectivity index (χ1v) is 10.9. The fourth-order valence-electron chi connectivity index (χ4n) is 4.04. The third kappa shape index (κ3) is 4.39. The van der Waals surface area contributed by atoms with Crippen molar-refractivity contribution in [3.05, 3.63) is 59.0 Å². The lowest BCUT2D eigenvalue weighted by atomic mass is 9.99. The fraction of sp³-hybridized carbons (Fsp3) is 0.375. The molecule has 4 rings (SSSR count). The number of nitrogens with zero attached hydrogens (tertiary/aromatic N) is 4. The lowest BCUT2D eigenvalue weighted by molar-refractivity contribution is 0.0788. The smallest absolute Gasteiger partial charge is 0.257 e. The molecule has 166 valence electrons. The molecule has 3 heterocycles. The number of benzene rings is 1. The quantitative estimate of drug-likeness (QED) is 0.641. The summed E-state index contributed by atoms with van der Waals surface area (Å²) < 4.78 is 0. The first-order valence-electron chi connectivity index (χ1n) is 10.9. The van der Waals surface area contributed by atoms with E-state index in [2.05, 4.69) is 29.1 Å². The molecule has 1 atom stereocenters. The van der Waals surface area contributed by atoms with E-state index in [0.29, 0.717) is 42.4 Å². The molecule has 32 heavy (non-hydrogen) atoms. The molecule has 3 aromatic rings. The van der Waals surface area contributed by atoms with Crippen LogP contribution in [0.3, 0.4) is 0 Å². The first-order chi connectivity index (χ1) is 15.3. The molecule has 0 radical (unpaired) electrons. The zero-order valence-corrected chi connectivity index (χ0v) is 18.6. The molecular weight excluding hydrogens is 404 g/mol. The molecule has 0 unspecified atom stereocenters. The Balaban J connectivity index is 1.60. The highest BCUT2D eigenvalue weighted by Gasteiger charge is 2.30. The summed E-state index contributed by atoms with van der Waals surface area (Å²) in [6.45, 7) is 7.63. The van der Waals surface area contributed by atoms with Crippen molar-refractivity contribution >= 4 is 28.7 Å². The third-order valence-electron chi connectivity index (χ3n) is 5.77. The van der Waals surface area contributed by atoms with Crippen molar-refractivity contribution in [1.82, 2.24) is 25.2 Å². The number of carbonyl (C=O) groups excluding carboxylic acids is 2. The summed E-state index contributed by atoms with van der Waals surface area (Å²) in [5.41, 5.74) is 8.88. The maximum atomic E-state index is 13.0. The van der Waals surface area contributed by atoms with E-state index in [1.54, 1.807) is 11.8 Å². The summed E-state index contributed by atoms with van der Waals surface area (Å²) >= 11 is 0. The van der Waals surface area contributed by atoms with Crippen molar-refractivity contribution in [2.45, 2.75) is 33.1 Å². The number of likely N-dealkylation sites (tertiary alicyclic amines) is 1. The number of anilines is 1. The number of nitrogen functional groups attached to an aromatic ring is 1. The van der Waals surface area contributed by atoms with Gasteiger partial charge in [-0.25, -0.2) is 9.97 Å². The molecule has 0 saturated carbocycles. The van der Waals surface area contributed by atoms with Crippen LogP contribution in [0, 0.1) is 12.8 Å². The number of aryl methyl sites for hydroxylation is 1. The number of hydrogen-bond acceptors (Lipinski definition) is 6. The summed E-state index contributed by atoms with van der Waals surface area (Å²) in [7, 11) is 0. The van der Waals surface area contributed by atoms with Crippen LogP contribution in [0.15, 0.2) is 36.5 Å². The lowest BCUT2D eigenvalue weighted by Gasteiger charge is -2.18. The van der Waals surface area contributed by atoms with Crippen LogP contribution in [0.2, 0.25) is 0 Å². The second-order valence-corrected chi connectivity index (χ2v) is 8.68.